The summed E-state index contributed by atoms with van der Waals surface area (Å²) in [7, 11) is 0. The molecule has 3 aromatic carbocycles. The molecule has 0 radical (unpaired) electrons. The summed E-state index contributed by atoms with van der Waals surface area (Å²) in [5.41, 5.74) is 2.73. The summed E-state index contributed by atoms with van der Waals surface area (Å²) >= 11 is 0. The standard InChI is InChI=1S/C28H27FN2O2/c1-19-14-16-31(17-15-19)26(21-10-7-11-22(29)18-21)27-25(23-12-5-6-13-24(23)33-27)30-28(32)20-8-3-2-4-9-20/h2-13,18-19,26H,14-17H2,1H3,(H,30,32)/t26-/m0/s1. The summed E-state index contributed by atoms with van der Waals surface area (Å²) in [6.45, 7) is 4.03. The minimum Gasteiger partial charge on any atom is -0.457 e. The summed E-state index contributed by atoms with van der Waals surface area (Å²) in [5.74, 6) is 0.811. The lowest BCUT2D eigenvalue weighted by atomic mass is 9.94. The zero-order valence-corrected chi connectivity index (χ0v) is 18.6. The first kappa shape index (κ1) is 21.4. The zero-order valence-electron chi connectivity index (χ0n) is 18.6. The van der Waals surface area contributed by atoms with Gasteiger partial charge in [-0.25, -0.2) is 4.39 Å². The quantitative estimate of drug-likeness (QED) is 0.377. The van der Waals surface area contributed by atoms with Gasteiger partial charge in [-0.05, 0) is 73.8 Å². The molecule has 1 aromatic heterocycles. The summed E-state index contributed by atoms with van der Waals surface area (Å²) in [5, 5.41) is 3.95. The molecular weight excluding hydrogens is 415 g/mol. The van der Waals surface area contributed by atoms with Gasteiger partial charge < -0.3 is 9.73 Å². The Morgan fingerprint density at radius 2 is 1.73 bits per heavy atom. The smallest absolute Gasteiger partial charge is 0.255 e. The van der Waals surface area contributed by atoms with E-state index in [2.05, 4.69) is 17.1 Å². The van der Waals surface area contributed by atoms with Crippen molar-refractivity contribution in [2.45, 2.75) is 25.8 Å². The summed E-state index contributed by atoms with van der Waals surface area (Å²) in [6, 6.07) is 23.2. The van der Waals surface area contributed by atoms with Crippen LogP contribution < -0.4 is 5.32 Å². The number of furan rings is 1. The number of carbonyl (C=O) groups excluding carboxylic acids is 1. The Hall–Kier alpha value is -3.44. The highest BCUT2D eigenvalue weighted by Crippen LogP contribution is 2.41. The van der Waals surface area contributed by atoms with Gasteiger partial charge in [0.2, 0.25) is 0 Å². The molecule has 1 saturated heterocycles. The van der Waals surface area contributed by atoms with E-state index in [1.807, 2.05) is 48.5 Å². The molecule has 4 nitrogen and oxygen atoms in total. The lowest BCUT2D eigenvalue weighted by molar-refractivity contribution is 0.102. The van der Waals surface area contributed by atoms with Crippen molar-refractivity contribution < 1.29 is 13.6 Å². The van der Waals surface area contributed by atoms with Crippen LogP contribution in [0.15, 0.2) is 83.3 Å². The van der Waals surface area contributed by atoms with Crippen LogP contribution in [0.25, 0.3) is 11.0 Å². The van der Waals surface area contributed by atoms with Crippen LogP contribution in [-0.2, 0) is 0 Å². The molecule has 1 amide bonds. The molecule has 4 aromatic rings. The SMILES string of the molecule is CC1CCN([C@@H](c2cccc(F)c2)c2oc3ccccc3c2NC(=O)c2ccccc2)CC1. The van der Waals surface area contributed by atoms with Gasteiger partial charge in [-0.1, -0.05) is 49.4 Å². The molecule has 0 bridgehead atoms. The maximum atomic E-state index is 14.3. The third-order valence-electron chi connectivity index (χ3n) is 6.49. The van der Waals surface area contributed by atoms with Crippen LogP contribution in [0.1, 0.15) is 47.5 Å². The number of para-hydroxylation sites is 1. The highest BCUT2D eigenvalue weighted by Gasteiger charge is 2.32. The largest absolute Gasteiger partial charge is 0.457 e. The molecular formula is C28H27FN2O2. The molecule has 33 heavy (non-hydrogen) atoms. The van der Waals surface area contributed by atoms with Crippen molar-refractivity contribution in [1.29, 1.82) is 0 Å². The number of nitrogens with zero attached hydrogens (tertiary/aromatic N) is 1. The molecule has 1 N–H and O–H groups in total. The predicted molar refractivity (Wildman–Crippen MR) is 129 cm³/mol. The van der Waals surface area contributed by atoms with Gasteiger partial charge in [0.05, 0.1) is 11.7 Å². The summed E-state index contributed by atoms with van der Waals surface area (Å²) < 4.78 is 20.7. The van der Waals surface area contributed by atoms with Crippen LogP contribution in [0.5, 0.6) is 0 Å². The Morgan fingerprint density at radius 1 is 1.00 bits per heavy atom. The van der Waals surface area contributed by atoms with Crippen molar-refractivity contribution in [2.75, 3.05) is 18.4 Å². The van der Waals surface area contributed by atoms with Crippen molar-refractivity contribution in [3.63, 3.8) is 0 Å². The molecule has 5 heteroatoms. The number of fused-ring (bicyclic) bond motifs is 1. The van der Waals surface area contributed by atoms with Gasteiger partial charge in [0.1, 0.15) is 17.2 Å². The van der Waals surface area contributed by atoms with Gasteiger partial charge in [-0.2, -0.15) is 0 Å². The van der Waals surface area contributed by atoms with Crippen LogP contribution in [0.2, 0.25) is 0 Å². The van der Waals surface area contributed by atoms with Gasteiger partial charge in [-0.3, -0.25) is 9.69 Å². The number of hydrogen-bond acceptors (Lipinski definition) is 3. The average Bonchev–Trinajstić information content (AvgIpc) is 3.19. The minimum absolute atomic E-state index is 0.200. The topological polar surface area (TPSA) is 45.5 Å². The van der Waals surface area contributed by atoms with E-state index < -0.39 is 0 Å². The number of nitrogens with one attached hydrogen (secondary N) is 1. The Bertz CT molecular complexity index is 1260. The first-order chi connectivity index (χ1) is 16.1. The van der Waals surface area contributed by atoms with Crippen molar-refractivity contribution in [2.24, 2.45) is 5.92 Å². The van der Waals surface area contributed by atoms with Crippen molar-refractivity contribution >= 4 is 22.6 Å². The normalized spacial score (nSPS) is 16.1. The summed E-state index contributed by atoms with van der Waals surface area (Å²) in [6.07, 6.45) is 2.13. The van der Waals surface area contributed by atoms with Crippen LogP contribution in [0.3, 0.4) is 0 Å². The fourth-order valence-corrected chi connectivity index (χ4v) is 4.65. The number of halogens is 1. The Kier molecular flexibility index (Phi) is 5.97. The number of benzene rings is 3. The fraction of sp³-hybridized carbons (Fsp3) is 0.250. The van der Waals surface area contributed by atoms with Gasteiger partial charge in [0.15, 0.2) is 0 Å². The molecule has 1 fully saturated rings. The second kappa shape index (κ2) is 9.20. The van der Waals surface area contributed by atoms with Crippen LogP contribution in [0.4, 0.5) is 10.1 Å². The number of carbonyl (C=O) groups is 1. The summed E-state index contributed by atoms with van der Waals surface area (Å²) in [4.78, 5) is 15.5. The van der Waals surface area contributed by atoms with E-state index in [1.165, 1.54) is 6.07 Å². The van der Waals surface area contributed by atoms with Crippen LogP contribution in [-0.4, -0.2) is 23.9 Å². The Morgan fingerprint density at radius 3 is 2.48 bits per heavy atom. The van der Waals surface area contributed by atoms with Gasteiger partial charge in [0, 0.05) is 10.9 Å². The predicted octanol–water partition coefficient (Wildman–Crippen LogP) is 6.65. The number of amides is 1. The second-order valence-corrected chi connectivity index (χ2v) is 8.83. The monoisotopic (exact) mass is 442 g/mol. The molecule has 1 aliphatic rings. The van der Waals surface area contributed by atoms with Crippen molar-refractivity contribution in [3.05, 3.63) is 102 Å². The molecule has 1 atom stereocenters. The molecule has 2 heterocycles. The van der Waals surface area contributed by atoms with E-state index in [4.69, 9.17) is 4.42 Å². The van der Waals surface area contributed by atoms with E-state index in [0.717, 1.165) is 36.9 Å². The third-order valence-corrected chi connectivity index (χ3v) is 6.49. The number of rotatable bonds is 5. The zero-order chi connectivity index (χ0) is 22.8. The molecule has 0 aliphatic carbocycles. The van der Waals surface area contributed by atoms with E-state index in [-0.39, 0.29) is 17.8 Å². The molecule has 5 rings (SSSR count). The fourth-order valence-electron chi connectivity index (χ4n) is 4.65. The molecule has 1 aliphatic heterocycles. The molecule has 0 spiro atoms. The molecule has 0 unspecified atom stereocenters. The number of piperidine rings is 1. The molecule has 0 saturated carbocycles. The van der Waals surface area contributed by atoms with Gasteiger partial charge in [0.25, 0.3) is 5.91 Å². The van der Waals surface area contributed by atoms with E-state index >= 15 is 0 Å². The first-order valence-electron chi connectivity index (χ1n) is 11.5. The van der Waals surface area contributed by atoms with Crippen molar-refractivity contribution in [1.82, 2.24) is 4.90 Å². The molecule has 168 valence electrons. The highest BCUT2D eigenvalue weighted by atomic mass is 19.1. The third kappa shape index (κ3) is 4.41. The van der Waals surface area contributed by atoms with Crippen molar-refractivity contribution in [3.8, 4) is 0 Å². The number of hydrogen-bond donors (Lipinski definition) is 1. The lowest BCUT2D eigenvalue weighted by Crippen LogP contribution is -2.37. The Balaban J connectivity index is 1.63. The minimum atomic E-state index is -0.299. The maximum absolute atomic E-state index is 14.3. The van der Waals surface area contributed by atoms with E-state index in [0.29, 0.717) is 28.5 Å². The highest BCUT2D eigenvalue weighted by molar-refractivity contribution is 6.09. The van der Waals surface area contributed by atoms with Crippen LogP contribution >= 0.6 is 0 Å². The second-order valence-electron chi connectivity index (χ2n) is 8.83. The van der Waals surface area contributed by atoms with Gasteiger partial charge >= 0.3 is 0 Å². The Labute approximate surface area is 193 Å². The number of anilines is 1. The number of likely N-dealkylation sites (tertiary alicyclic amines) is 1. The van der Waals surface area contributed by atoms with Crippen LogP contribution in [0, 0.1) is 11.7 Å². The van der Waals surface area contributed by atoms with E-state index in [9.17, 15) is 9.18 Å². The first-order valence-corrected chi connectivity index (χ1v) is 11.5. The lowest BCUT2D eigenvalue weighted by Gasteiger charge is -2.36. The van der Waals surface area contributed by atoms with E-state index in [1.54, 1.807) is 24.3 Å². The average molecular weight is 443 g/mol. The van der Waals surface area contributed by atoms with Gasteiger partial charge in [-0.15, -0.1) is 0 Å². The maximum Gasteiger partial charge on any atom is 0.255 e.